The third kappa shape index (κ3) is 2.80. The number of amides is 1. The Balaban J connectivity index is 2.87. The number of rotatable bonds is 5. The number of carbonyl (C=O) groups is 1. The second kappa shape index (κ2) is 5.36. The lowest BCUT2D eigenvalue weighted by molar-refractivity contribution is -0.134. The molecule has 1 N–H and O–H groups in total. The average molecular weight is 242 g/mol. The van der Waals surface area contributed by atoms with Crippen molar-refractivity contribution >= 4 is 5.91 Å². The average Bonchev–Trinajstić information content (AvgIpc) is 2.54. The van der Waals surface area contributed by atoms with Gasteiger partial charge in [-0.05, 0) is 26.2 Å². The second-order valence-electron chi connectivity index (χ2n) is 5.52. The van der Waals surface area contributed by atoms with Crippen molar-refractivity contribution in [2.45, 2.75) is 58.8 Å². The van der Waals surface area contributed by atoms with Crippen molar-refractivity contribution < 1.29 is 9.53 Å². The smallest absolute Gasteiger partial charge is 0.243 e. The molecule has 3 unspecified atom stereocenters. The fourth-order valence-corrected chi connectivity index (χ4v) is 2.24. The van der Waals surface area contributed by atoms with Gasteiger partial charge < -0.3 is 9.64 Å². The molecule has 1 aliphatic heterocycles. The summed E-state index contributed by atoms with van der Waals surface area (Å²) in [7, 11) is 1.68. The molecule has 4 nitrogen and oxygen atoms in total. The lowest BCUT2D eigenvalue weighted by Gasteiger charge is -2.29. The molecule has 100 valence electrons. The maximum atomic E-state index is 12.4. The molecule has 1 rings (SSSR count). The molecule has 0 bridgehead atoms. The van der Waals surface area contributed by atoms with Crippen LogP contribution in [0, 0.1) is 5.92 Å². The first kappa shape index (κ1) is 14.5. The van der Waals surface area contributed by atoms with E-state index in [1.54, 1.807) is 7.11 Å². The van der Waals surface area contributed by atoms with Crippen LogP contribution in [-0.2, 0) is 9.53 Å². The van der Waals surface area contributed by atoms with Gasteiger partial charge in [-0.15, -0.1) is 0 Å². The van der Waals surface area contributed by atoms with Gasteiger partial charge in [0.2, 0.25) is 5.91 Å². The van der Waals surface area contributed by atoms with E-state index in [9.17, 15) is 4.79 Å². The fraction of sp³-hybridized carbons (Fsp3) is 0.923. The molecule has 17 heavy (non-hydrogen) atoms. The molecular formula is C13H26N2O2. The van der Waals surface area contributed by atoms with Gasteiger partial charge in [0.05, 0.1) is 17.8 Å². The Morgan fingerprint density at radius 3 is 2.47 bits per heavy atom. The molecule has 1 aliphatic rings. The van der Waals surface area contributed by atoms with E-state index >= 15 is 0 Å². The van der Waals surface area contributed by atoms with Gasteiger partial charge in [0.15, 0.2) is 0 Å². The summed E-state index contributed by atoms with van der Waals surface area (Å²) in [5.41, 5.74) is -0.414. The van der Waals surface area contributed by atoms with E-state index in [2.05, 4.69) is 19.2 Å². The Labute approximate surface area is 105 Å². The zero-order chi connectivity index (χ0) is 13.2. The molecule has 0 radical (unpaired) electrons. The Morgan fingerprint density at radius 1 is 1.47 bits per heavy atom. The Bertz CT molecular complexity index is 281. The van der Waals surface area contributed by atoms with Crippen molar-refractivity contribution in [1.29, 1.82) is 0 Å². The van der Waals surface area contributed by atoms with Crippen LogP contribution in [0.5, 0.6) is 0 Å². The fourth-order valence-electron chi connectivity index (χ4n) is 2.24. The van der Waals surface area contributed by atoms with Crippen molar-refractivity contribution in [3.63, 3.8) is 0 Å². The van der Waals surface area contributed by atoms with E-state index < -0.39 is 5.54 Å². The standard InChI is InChI=1S/C13H26N2O2/c1-7-13(5)12(16)15(8-10(4)17-6)11(14-13)9(2)3/h9-11,14H,7-8H2,1-6H3. The van der Waals surface area contributed by atoms with Gasteiger partial charge in [-0.25, -0.2) is 0 Å². The highest BCUT2D eigenvalue weighted by Crippen LogP contribution is 2.27. The van der Waals surface area contributed by atoms with Gasteiger partial charge in [0.25, 0.3) is 0 Å². The van der Waals surface area contributed by atoms with E-state index in [4.69, 9.17) is 4.74 Å². The summed E-state index contributed by atoms with van der Waals surface area (Å²) in [4.78, 5) is 14.4. The summed E-state index contributed by atoms with van der Waals surface area (Å²) < 4.78 is 5.27. The van der Waals surface area contributed by atoms with Crippen LogP contribution in [0.15, 0.2) is 0 Å². The highest BCUT2D eigenvalue weighted by molar-refractivity contribution is 5.88. The number of hydrogen-bond acceptors (Lipinski definition) is 3. The van der Waals surface area contributed by atoms with E-state index in [1.165, 1.54) is 0 Å². The Morgan fingerprint density at radius 2 is 2.06 bits per heavy atom. The lowest BCUT2D eigenvalue weighted by atomic mass is 9.99. The van der Waals surface area contributed by atoms with Gasteiger partial charge in [-0.1, -0.05) is 20.8 Å². The summed E-state index contributed by atoms with van der Waals surface area (Å²) >= 11 is 0. The van der Waals surface area contributed by atoms with Crippen LogP contribution in [0.2, 0.25) is 0 Å². The summed E-state index contributed by atoms with van der Waals surface area (Å²) in [5, 5.41) is 3.47. The van der Waals surface area contributed by atoms with Gasteiger partial charge >= 0.3 is 0 Å². The minimum Gasteiger partial charge on any atom is -0.380 e. The summed E-state index contributed by atoms with van der Waals surface area (Å²) in [6.45, 7) is 11.0. The molecule has 4 heteroatoms. The Hall–Kier alpha value is -0.610. The molecule has 1 amide bonds. The zero-order valence-corrected chi connectivity index (χ0v) is 11.9. The molecule has 0 saturated carbocycles. The largest absolute Gasteiger partial charge is 0.380 e. The predicted octanol–water partition coefficient (Wildman–Crippen LogP) is 1.60. The first-order valence-electron chi connectivity index (χ1n) is 6.47. The third-order valence-electron chi connectivity index (χ3n) is 3.73. The van der Waals surface area contributed by atoms with E-state index in [0.29, 0.717) is 12.5 Å². The van der Waals surface area contributed by atoms with Crippen molar-refractivity contribution in [2.75, 3.05) is 13.7 Å². The molecule has 0 aromatic rings. The minimum atomic E-state index is -0.414. The molecular weight excluding hydrogens is 216 g/mol. The monoisotopic (exact) mass is 242 g/mol. The van der Waals surface area contributed by atoms with Gasteiger partial charge in [-0.2, -0.15) is 0 Å². The number of ether oxygens (including phenoxy) is 1. The molecule has 0 spiro atoms. The number of hydrogen-bond donors (Lipinski definition) is 1. The van der Waals surface area contributed by atoms with Crippen LogP contribution < -0.4 is 5.32 Å². The van der Waals surface area contributed by atoms with Gasteiger partial charge in [0.1, 0.15) is 0 Å². The number of methoxy groups -OCH3 is 1. The highest BCUT2D eigenvalue weighted by Gasteiger charge is 2.47. The van der Waals surface area contributed by atoms with Crippen LogP contribution >= 0.6 is 0 Å². The SMILES string of the molecule is CCC1(C)NC(C(C)C)N(CC(C)OC)C1=O. The second-order valence-corrected chi connectivity index (χ2v) is 5.52. The normalized spacial score (nSPS) is 31.4. The minimum absolute atomic E-state index is 0.0706. The molecule has 0 aromatic heterocycles. The number of nitrogens with one attached hydrogen (secondary N) is 1. The summed E-state index contributed by atoms with van der Waals surface area (Å²) in [5.74, 6) is 0.596. The lowest BCUT2D eigenvalue weighted by Crippen LogP contribution is -2.45. The van der Waals surface area contributed by atoms with Gasteiger partial charge in [-0.3, -0.25) is 10.1 Å². The predicted molar refractivity (Wildman–Crippen MR) is 68.6 cm³/mol. The zero-order valence-electron chi connectivity index (χ0n) is 11.9. The van der Waals surface area contributed by atoms with Crippen LogP contribution in [0.4, 0.5) is 0 Å². The topological polar surface area (TPSA) is 41.6 Å². The number of nitrogens with zero attached hydrogens (tertiary/aromatic N) is 1. The van der Waals surface area contributed by atoms with Crippen LogP contribution in [0.3, 0.4) is 0 Å². The quantitative estimate of drug-likeness (QED) is 0.796. The number of carbonyl (C=O) groups excluding carboxylic acids is 1. The molecule has 0 aromatic carbocycles. The first-order chi connectivity index (χ1) is 7.85. The Kier molecular flexibility index (Phi) is 4.55. The van der Waals surface area contributed by atoms with Crippen molar-refractivity contribution in [3.05, 3.63) is 0 Å². The maximum absolute atomic E-state index is 12.4. The highest BCUT2D eigenvalue weighted by atomic mass is 16.5. The van der Waals surface area contributed by atoms with E-state index in [-0.39, 0.29) is 18.2 Å². The van der Waals surface area contributed by atoms with Crippen molar-refractivity contribution in [3.8, 4) is 0 Å². The first-order valence-corrected chi connectivity index (χ1v) is 6.47. The molecule has 0 aliphatic carbocycles. The molecule has 1 saturated heterocycles. The van der Waals surface area contributed by atoms with Crippen molar-refractivity contribution in [1.82, 2.24) is 10.2 Å². The van der Waals surface area contributed by atoms with E-state index in [0.717, 1.165) is 6.42 Å². The summed E-state index contributed by atoms with van der Waals surface area (Å²) in [6.07, 6.45) is 0.999. The maximum Gasteiger partial charge on any atom is 0.243 e. The van der Waals surface area contributed by atoms with Crippen molar-refractivity contribution in [2.24, 2.45) is 5.92 Å². The van der Waals surface area contributed by atoms with Crippen LogP contribution in [0.25, 0.3) is 0 Å². The molecule has 1 fully saturated rings. The van der Waals surface area contributed by atoms with Crippen LogP contribution in [-0.4, -0.2) is 42.3 Å². The van der Waals surface area contributed by atoms with E-state index in [1.807, 2.05) is 25.7 Å². The summed E-state index contributed by atoms with van der Waals surface area (Å²) in [6, 6.07) is 0. The molecule has 1 heterocycles. The van der Waals surface area contributed by atoms with Gasteiger partial charge in [0, 0.05) is 13.7 Å². The van der Waals surface area contributed by atoms with Crippen LogP contribution in [0.1, 0.15) is 41.0 Å². The third-order valence-corrected chi connectivity index (χ3v) is 3.73. The molecule has 3 atom stereocenters.